The molecule has 1 aliphatic heterocycles. The summed E-state index contributed by atoms with van der Waals surface area (Å²) in [5.74, 6) is 0. The maximum Gasteiger partial charge on any atom is 0.0926 e. The molecule has 18 heavy (non-hydrogen) atoms. The van der Waals surface area contributed by atoms with Crippen LogP contribution in [-0.2, 0) is 6.42 Å². The highest BCUT2D eigenvalue weighted by molar-refractivity contribution is 5.84. The lowest BCUT2D eigenvalue weighted by molar-refractivity contribution is 0.556. The number of fused-ring (bicyclic) bond motifs is 2. The molecule has 3 heterocycles. The molecule has 0 saturated carbocycles. The highest BCUT2D eigenvalue weighted by Gasteiger charge is 2.25. The molecule has 4 heteroatoms. The lowest BCUT2D eigenvalue weighted by Gasteiger charge is -2.22. The van der Waals surface area contributed by atoms with Gasteiger partial charge >= 0.3 is 0 Å². The van der Waals surface area contributed by atoms with E-state index in [1.54, 1.807) is 6.33 Å². The number of para-hydroxylation sites is 1. The Morgan fingerprint density at radius 3 is 3.11 bits per heavy atom. The van der Waals surface area contributed by atoms with E-state index in [4.69, 9.17) is 0 Å². The van der Waals surface area contributed by atoms with Crippen LogP contribution in [0.1, 0.15) is 23.0 Å². The minimum Gasteiger partial charge on any atom is -0.361 e. The summed E-state index contributed by atoms with van der Waals surface area (Å²) in [4.78, 5) is 11.0. The number of nitrogens with one attached hydrogen (secondary N) is 3. The Morgan fingerprint density at radius 1 is 1.17 bits per heavy atom. The molecule has 3 N–H and O–H groups in total. The number of benzene rings is 1. The van der Waals surface area contributed by atoms with Crippen molar-refractivity contribution in [2.75, 3.05) is 6.54 Å². The van der Waals surface area contributed by atoms with E-state index >= 15 is 0 Å². The number of nitrogens with zero attached hydrogens (tertiary/aromatic N) is 1. The molecule has 0 saturated heterocycles. The second-order valence-corrected chi connectivity index (χ2v) is 4.69. The predicted octanol–water partition coefficient (Wildman–Crippen LogP) is 2.13. The van der Waals surface area contributed by atoms with Crippen LogP contribution in [-0.4, -0.2) is 21.5 Å². The summed E-state index contributed by atoms with van der Waals surface area (Å²) in [6.07, 6.45) is 4.90. The Morgan fingerprint density at radius 2 is 2.11 bits per heavy atom. The zero-order valence-electron chi connectivity index (χ0n) is 9.90. The van der Waals surface area contributed by atoms with Gasteiger partial charge in [-0.3, -0.25) is 0 Å². The minimum atomic E-state index is 0.191. The molecule has 90 valence electrons. The zero-order valence-corrected chi connectivity index (χ0v) is 9.90. The van der Waals surface area contributed by atoms with Crippen molar-refractivity contribution in [3.63, 3.8) is 0 Å². The first-order chi connectivity index (χ1) is 8.93. The number of imidazole rings is 1. The molecule has 4 nitrogen and oxygen atoms in total. The molecule has 4 rings (SSSR count). The topological polar surface area (TPSA) is 56.5 Å². The number of hydrogen-bond donors (Lipinski definition) is 3. The van der Waals surface area contributed by atoms with Gasteiger partial charge in [0.2, 0.25) is 0 Å². The Hall–Kier alpha value is -2.07. The van der Waals surface area contributed by atoms with Crippen molar-refractivity contribution < 1.29 is 0 Å². The lowest BCUT2D eigenvalue weighted by Crippen LogP contribution is -2.30. The third-order valence-corrected chi connectivity index (χ3v) is 3.68. The first-order valence-corrected chi connectivity index (χ1v) is 6.25. The van der Waals surface area contributed by atoms with Crippen molar-refractivity contribution in [2.24, 2.45) is 0 Å². The van der Waals surface area contributed by atoms with Crippen LogP contribution >= 0.6 is 0 Å². The van der Waals surface area contributed by atoms with E-state index in [0.717, 1.165) is 18.7 Å². The van der Waals surface area contributed by atoms with Crippen LogP contribution in [0.25, 0.3) is 10.9 Å². The van der Waals surface area contributed by atoms with Gasteiger partial charge in [0.25, 0.3) is 0 Å². The number of hydrogen-bond acceptors (Lipinski definition) is 2. The van der Waals surface area contributed by atoms with E-state index in [1.807, 2.05) is 0 Å². The summed E-state index contributed by atoms with van der Waals surface area (Å²) in [5.41, 5.74) is 4.84. The van der Waals surface area contributed by atoms with Gasteiger partial charge in [0.15, 0.2) is 0 Å². The second-order valence-electron chi connectivity index (χ2n) is 4.69. The molecule has 1 aliphatic rings. The Labute approximate surface area is 104 Å². The number of aromatic amines is 2. The van der Waals surface area contributed by atoms with Crippen molar-refractivity contribution in [1.29, 1.82) is 0 Å². The SMILES string of the molecule is c1ccc2c(C3NCCc4[nH]cnc43)c[nH]c2c1. The van der Waals surface area contributed by atoms with Crippen molar-refractivity contribution in [1.82, 2.24) is 20.3 Å². The fraction of sp³-hybridized carbons (Fsp3) is 0.214. The summed E-state index contributed by atoms with van der Waals surface area (Å²) in [6.45, 7) is 0.985. The largest absolute Gasteiger partial charge is 0.361 e. The molecule has 1 atom stereocenters. The van der Waals surface area contributed by atoms with E-state index in [2.05, 4.69) is 50.7 Å². The molecule has 0 fully saturated rings. The molecule has 0 aliphatic carbocycles. The van der Waals surface area contributed by atoms with E-state index in [-0.39, 0.29) is 6.04 Å². The smallest absolute Gasteiger partial charge is 0.0926 e. The van der Waals surface area contributed by atoms with Crippen LogP contribution in [0.2, 0.25) is 0 Å². The molecular weight excluding hydrogens is 224 g/mol. The standard InChI is InChI=1S/C14H14N4/c1-2-4-11-9(3-1)10(7-16-11)13-14-12(5-6-15-13)17-8-18-14/h1-4,7-8,13,15-16H,5-6H2,(H,17,18). The van der Waals surface area contributed by atoms with Gasteiger partial charge in [0.1, 0.15) is 0 Å². The third-order valence-electron chi connectivity index (χ3n) is 3.68. The van der Waals surface area contributed by atoms with Gasteiger partial charge < -0.3 is 15.3 Å². The summed E-state index contributed by atoms with van der Waals surface area (Å²) < 4.78 is 0. The molecule has 1 aromatic carbocycles. The average Bonchev–Trinajstić information content (AvgIpc) is 3.05. The van der Waals surface area contributed by atoms with Crippen LogP contribution in [0.5, 0.6) is 0 Å². The fourth-order valence-corrected chi connectivity index (χ4v) is 2.81. The quantitative estimate of drug-likeness (QED) is 0.608. The van der Waals surface area contributed by atoms with Gasteiger partial charge in [-0.15, -0.1) is 0 Å². The van der Waals surface area contributed by atoms with E-state index in [0.29, 0.717) is 0 Å². The van der Waals surface area contributed by atoms with Gasteiger partial charge in [-0.05, 0) is 6.07 Å². The molecule has 0 bridgehead atoms. The maximum absolute atomic E-state index is 4.47. The van der Waals surface area contributed by atoms with Crippen LogP contribution in [0.3, 0.4) is 0 Å². The summed E-state index contributed by atoms with van der Waals surface area (Å²) in [7, 11) is 0. The Balaban J connectivity index is 1.90. The van der Waals surface area contributed by atoms with Crippen LogP contribution in [0.4, 0.5) is 0 Å². The molecule has 3 aromatic rings. The van der Waals surface area contributed by atoms with Crippen molar-refractivity contribution in [2.45, 2.75) is 12.5 Å². The Bertz CT molecular complexity index is 694. The van der Waals surface area contributed by atoms with Crippen LogP contribution < -0.4 is 5.32 Å². The fourth-order valence-electron chi connectivity index (χ4n) is 2.81. The maximum atomic E-state index is 4.47. The number of H-pyrrole nitrogens is 2. The monoisotopic (exact) mass is 238 g/mol. The first kappa shape index (κ1) is 9.91. The van der Waals surface area contributed by atoms with Gasteiger partial charge in [-0.2, -0.15) is 0 Å². The lowest BCUT2D eigenvalue weighted by atomic mass is 9.97. The molecule has 0 radical (unpaired) electrons. The van der Waals surface area contributed by atoms with Crippen molar-refractivity contribution >= 4 is 10.9 Å². The number of aromatic nitrogens is 3. The van der Waals surface area contributed by atoms with Crippen LogP contribution in [0.15, 0.2) is 36.8 Å². The first-order valence-electron chi connectivity index (χ1n) is 6.25. The van der Waals surface area contributed by atoms with E-state index in [9.17, 15) is 0 Å². The molecule has 1 unspecified atom stereocenters. The second kappa shape index (κ2) is 3.71. The molecule has 0 spiro atoms. The third kappa shape index (κ3) is 1.32. The Kier molecular flexibility index (Phi) is 2.04. The van der Waals surface area contributed by atoms with Gasteiger partial charge in [0, 0.05) is 41.3 Å². The highest BCUT2D eigenvalue weighted by Crippen LogP contribution is 2.31. The average molecular weight is 238 g/mol. The van der Waals surface area contributed by atoms with Crippen LogP contribution in [0, 0.1) is 0 Å². The van der Waals surface area contributed by atoms with Gasteiger partial charge in [-0.1, -0.05) is 18.2 Å². The van der Waals surface area contributed by atoms with Crippen molar-refractivity contribution in [3.05, 3.63) is 53.7 Å². The van der Waals surface area contributed by atoms with E-state index in [1.165, 1.54) is 22.2 Å². The summed E-state index contributed by atoms with van der Waals surface area (Å²) in [5, 5.41) is 4.82. The summed E-state index contributed by atoms with van der Waals surface area (Å²) >= 11 is 0. The number of rotatable bonds is 1. The van der Waals surface area contributed by atoms with Gasteiger partial charge in [-0.25, -0.2) is 4.98 Å². The van der Waals surface area contributed by atoms with Gasteiger partial charge in [0.05, 0.1) is 18.1 Å². The highest BCUT2D eigenvalue weighted by atomic mass is 15.0. The zero-order chi connectivity index (χ0) is 11.9. The van der Waals surface area contributed by atoms with Crippen molar-refractivity contribution in [3.8, 4) is 0 Å². The molecular formula is C14H14N4. The molecule has 2 aromatic heterocycles. The minimum absolute atomic E-state index is 0.191. The predicted molar refractivity (Wildman–Crippen MR) is 70.4 cm³/mol. The molecule has 0 amide bonds. The normalized spacial score (nSPS) is 19.0. The summed E-state index contributed by atoms with van der Waals surface area (Å²) in [6, 6.07) is 8.58. The van der Waals surface area contributed by atoms with E-state index < -0.39 is 0 Å².